The van der Waals surface area contributed by atoms with E-state index in [0.29, 0.717) is 13.1 Å². The van der Waals surface area contributed by atoms with Gasteiger partial charge in [-0.25, -0.2) is 4.79 Å². The van der Waals surface area contributed by atoms with Crippen LogP contribution in [0.4, 0.5) is 8.78 Å². The summed E-state index contributed by atoms with van der Waals surface area (Å²) in [5, 5.41) is 24.7. The molecular formula is C22H29F2N3O7. The van der Waals surface area contributed by atoms with Crippen molar-refractivity contribution in [3.8, 4) is 5.75 Å². The Labute approximate surface area is 195 Å². The van der Waals surface area contributed by atoms with Crippen LogP contribution in [0, 0.1) is 0 Å². The molecule has 0 unspecified atom stereocenters. The normalized spacial score (nSPS) is 20.1. The number of hydrogen-bond donors (Lipinski definition) is 4. The van der Waals surface area contributed by atoms with Crippen LogP contribution in [0.2, 0.25) is 0 Å². The number of rotatable bonds is 10. The summed E-state index contributed by atoms with van der Waals surface area (Å²) in [6.07, 6.45) is 1.07. The molecule has 1 aromatic rings. The van der Waals surface area contributed by atoms with Crippen LogP contribution in [-0.2, 0) is 19.1 Å². The molecule has 2 amide bonds. The minimum Gasteiger partial charge on any atom is -0.480 e. The van der Waals surface area contributed by atoms with Gasteiger partial charge in [-0.3, -0.25) is 14.5 Å². The van der Waals surface area contributed by atoms with Gasteiger partial charge in [0.05, 0.1) is 18.8 Å². The van der Waals surface area contributed by atoms with E-state index >= 15 is 0 Å². The van der Waals surface area contributed by atoms with Crippen molar-refractivity contribution in [3.05, 3.63) is 29.8 Å². The second kappa shape index (κ2) is 11.1. The maximum atomic E-state index is 12.5. The molecule has 0 radical (unpaired) electrons. The molecule has 4 N–H and O–H groups in total. The number of aliphatic carboxylic acids is 1. The highest BCUT2D eigenvalue weighted by atomic mass is 19.3. The van der Waals surface area contributed by atoms with E-state index in [-0.39, 0.29) is 29.4 Å². The average molecular weight is 485 g/mol. The van der Waals surface area contributed by atoms with Gasteiger partial charge in [0, 0.05) is 13.1 Å². The molecule has 0 saturated carbocycles. The Kier molecular flexibility index (Phi) is 8.39. The number of benzene rings is 1. The number of amides is 2. The number of halogens is 2. The first-order valence-corrected chi connectivity index (χ1v) is 11.0. The number of piperidine rings is 1. The van der Waals surface area contributed by atoms with Gasteiger partial charge in [0.2, 0.25) is 11.8 Å². The molecule has 1 spiro atoms. The molecule has 2 heterocycles. The molecule has 2 aliphatic heterocycles. The highest BCUT2D eigenvalue weighted by molar-refractivity contribution is 5.90. The summed E-state index contributed by atoms with van der Waals surface area (Å²) in [6, 6.07) is 1.95. The number of carboxylic acid groups (broad SMARTS) is 1. The van der Waals surface area contributed by atoms with E-state index in [2.05, 4.69) is 15.4 Å². The fourth-order valence-corrected chi connectivity index (χ4v) is 4.05. The van der Waals surface area contributed by atoms with Gasteiger partial charge >= 0.3 is 12.6 Å². The predicted molar refractivity (Wildman–Crippen MR) is 114 cm³/mol. The van der Waals surface area contributed by atoms with E-state index in [1.165, 1.54) is 19.1 Å². The number of alkyl halides is 2. The van der Waals surface area contributed by atoms with Crippen molar-refractivity contribution in [2.24, 2.45) is 0 Å². The lowest BCUT2D eigenvalue weighted by Gasteiger charge is -2.47. The van der Waals surface area contributed by atoms with E-state index in [1.54, 1.807) is 0 Å². The van der Waals surface area contributed by atoms with Crippen LogP contribution in [0.3, 0.4) is 0 Å². The molecule has 0 bridgehead atoms. The van der Waals surface area contributed by atoms with Crippen molar-refractivity contribution in [1.82, 2.24) is 15.5 Å². The number of nitrogens with one attached hydrogen (secondary N) is 2. The molecule has 2 fully saturated rings. The molecule has 2 saturated heterocycles. The molecule has 0 aliphatic carbocycles. The van der Waals surface area contributed by atoms with Gasteiger partial charge in [0.25, 0.3) is 0 Å². The monoisotopic (exact) mass is 485 g/mol. The Balaban J connectivity index is 1.49. The Bertz CT molecular complexity index is 870. The molecule has 188 valence electrons. The summed E-state index contributed by atoms with van der Waals surface area (Å²) in [6.45, 7) is 0.679. The van der Waals surface area contributed by atoms with Crippen LogP contribution in [0.5, 0.6) is 5.75 Å². The van der Waals surface area contributed by atoms with E-state index < -0.39 is 36.7 Å². The number of aliphatic hydroxyl groups excluding tert-OH is 1. The quantitative estimate of drug-likeness (QED) is 0.379. The number of hydrogen-bond acceptors (Lipinski definition) is 7. The van der Waals surface area contributed by atoms with Crippen molar-refractivity contribution < 1.29 is 42.9 Å². The lowest BCUT2D eigenvalue weighted by Crippen LogP contribution is -2.55. The second-order valence-corrected chi connectivity index (χ2v) is 8.56. The Morgan fingerprint density at radius 3 is 2.26 bits per heavy atom. The van der Waals surface area contributed by atoms with Crippen LogP contribution in [0.1, 0.15) is 37.9 Å². The molecule has 1 aromatic carbocycles. The topological polar surface area (TPSA) is 137 Å². The fraction of sp³-hybridized carbons (Fsp3) is 0.591. The number of likely N-dealkylation sites (tertiary alicyclic amines) is 1. The van der Waals surface area contributed by atoms with Crippen LogP contribution in [0.15, 0.2) is 24.3 Å². The summed E-state index contributed by atoms with van der Waals surface area (Å²) < 4.78 is 34.4. The third kappa shape index (κ3) is 6.61. The molecule has 34 heavy (non-hydrogen) atoms. The standard InChI is InChI=1S/C22H29F2N3O7/c1-13(25-16(28)12-27-9-6-22(7-10-27)8-11-33-22)19(30)26-17(20(31)32)18(29)14-2-4-15(5-3-14)34-21(23)24/h2-5,13,17-18,21,29H,6-12H2,1H3,(H,25,28)(H,26,30)(H,31,32)/t13-,17-,18+/m0/s1. The van der Waals surface area contributed by atoms with E-state index in [0.717, 1.165) is 38.0 Å². The number of nitrogens with zero attached hydrogens (tertiary/aromatic N) is 1. The zero-order chi connectivity index (χ0) is 24.9. The smallest absolute Gasteiger partial charge is 0.387 e. The zero-order valence-electron chi connectivity index (χ0n) is 18.7. The number of carbonyl (C=O) groups is 3. The van der Waals surface area contributed by atoms with Gasteiger partial charge in [-0.15, -0.1) is 0 Å². The van der Waals surface area contributed by atoms with Gasteiger partial charge in [-0.2, -0.15) is 8.78 Å². The zero-order valence-corrected chi connectivity index (χ0v) is 18.7. The molecule has 12 heteroatoms. The number of carbonyl (C=O) groups excluding carboxylic acids is 2. The molecule has 3 rings (SSSR count). The first-order chi connectivity index (χ1) is 16.1. The van der Waals surface area contributed by atoms with E-state index in [1.807, 2.05) is 4.90 Å². The lowest BCUT2D eigenvalue weighted by molar-refractivity contribution is -0.173. The van der Waals surface area contributed by atoms with Crippen LogP contribution < -0.4 is 15.4 Å². The van der Waals surface area contributed by atoms with Crippen molar-refractivity contribution in [2.45, 2.75) is 56.6 Å². The minimum atomic E-state index is -3.03. The Morgan fingerprint density at radius 1 is 1.15 bits per heavy atom. The number of carboxylic acids is 1. The maximum Gasteiger partial charge on any atom is 0.387 e. The van der Waals surface area contributed by atoms with Crippen LogP contribution in [-0.4, -0.2) is 83.4 Å². The lowest BCUT2D eigenvalue weighted by atomic mass is 9.84. The van der Waals surface area contributed by atoms with Gasteiger partial charge in [0.1, 0.15) is 17.9 Å². The maximum absolute atomic E-state index is 12.5. The first-order valence-electron chi connectivity index (χ1n) is 11.0. The highest BCUT2D eigenvalue weighted by Crippen LogP contribution is 2.36. The average Bonchev–Trinajstić information content (AvgIpc) is 2.76. The number of ether oxygens (including phenoxy) is 2. The van der Waals surface area contributed by atoms with Crippen molar-refractivity contribution in [3.63, 3.8) is 0 Å². The second-order valence-electron chi connectivity index (χ2n) is 8.56. The summed E-state index contributed by atoms with van der Waals surface area (Å²) in [5.74, 6) is -2.84. The number of aliphatic hydroxyl groups is 1. The predicted octanol–water partition coefficient (Wildman–Crippen LogP) is 0.650. The summed E-state index contributed by atoms with van der Waals surface area (Å²) in [5.41, 5.74) is 0.0348. The third-order valence-electron chi connectivity index (χ3n) is 6.20. The molecule has 10 nitrogen and oxygen atoms in total. The van der Waals surface area contributed by atoms with E-state index in [9.17, 15) is 33.4 Å². The molecule has 2 aliphatic rings. The van der Waals surface area contributed by atoms with Crippen molar-refractivity contribution in [1.29, 1.82) is 0 Å². The van der Waals surface area contributed by atoms with Gasteiger partial charge in [-0.1, -0.05) is 12.1 Å². The third-order valence-corrected chi connectivity index (χ3v) is 6.20. The largest absolute Gasteiger partial charge is 0.480 e. The first kappa shape index (κ1) is 25.8. The van der Waals surface area contributed by atoms with Crippen LogP contribution in [0.25, 0.3) is 0 Å². The molecule has 3 atom stereocenters. The summed E-state index contributed by atoms with van der Waals surface area (Å²) in [4.78, 5) is 38.5. The minimum absolute atomic E-state index is 0.0386. The van der Waals surface area contributed by atoms with Crippen LogP contribution >= 0.6 is 0 Å². The summed E-state index contributed by atoms with van der Waals surface area (Å²) >= 11 is 0. The Morgan fingerprint density at radius 2 is 1.76 bits per heavy atom. The fourth-order valence-electron chi connectivity index (χ4n) is 4.05. The van der Waals surface area contributed by atoms with Gasteiger partial charge in [0.15, 0.2) is 6.04 Å². The van der Waals surface area contributed by atoms with Gasteiger partial charge < -0.3 is 30.3 Å². The molecule has 0 aromatic heterocycles. The SMILES string of the molecule is C[C@H](NC(=O)CN1CCC2(CCO2)CC1)C(=O)N[C@H](C(=O)O)[C@H](O)c1ccc(OC(F)F)cc1. The summed E-state index contributed by atoms with van der Waals surface area (Å²) in [7, 11) is 0. The van der Waals surface area contributed by atoms with Crippen molar-refractivity contribution in [2.75, 3.05) is 26.2 Å². The van der Waals surface area contributed by atoms with Crippen molar-refractivity contribution >= 4 is 17.8 Å². The Hall–Kier alpha value is -2.83. The molecular weight excluding hydrogens is 456 g/mol. The highest BCUT2D eigenvalue weighted by Gasteiger charge is 2.41. The van der Waals surface area contributed by atoms with E-state index in [4.69, 9.17) is 4.74 Å². The van der Waals surface area contributed by atoms with Gasteiger partial charge in [-0.05, 0) is 43.9 Å².